The number of hydrogen-bond acceptors (Lipinski definition) is 13. The van der Waals surface area contributed by atoms with Crippen molar-refractivity contribution in [2.75, 3.05) is 6.54 Å². The van der Waals surface area contributed by atoms with E-state index in [-0.39, 0.29) is 24.4 Å². The lowest BCUT2D eigenvalue weighted by molar-refractivity contribution is -0.149. The van der Waals surface area contributed by atoms with Gasteiger partial charge in [0, 0.05) is 47.2 Å². The summed E-state index contributed by atoms with van der Waals surface area (Å²) in [6, 6.07) is 0.514. The normalized spacial score (nSPS) is 13.6. The van der Waals surface area contributed by atoms with E-state index in [1.165, 1.54) is 12.7 Å². The third-order valence-electron chi connectivity index (χ3n) is 7.52. The summed E-state index contributed by atoms with van der Waals surface area (Å²) in [7, 11) is 7.38. The number of amides is 1. The van der Waals surface area contributed by atoms with Gasteiger partial charge in [0.1, 0.15) is 51.7 Å². The zero-order chi connectivity index (χ0) is 42.4. The standard InChI is InChI=1S/C10H19NO.4C7H13N3O/c1-7(2)6-11-9(8(3)4)5-10(11)12;2*1-6(2)11-4-7-8-5-10(3)9-7;2*1-6(2)11-4-7-8-5-9-10(7)3/h7-9H,5-6H2,1-4H3;4*5-6H,4H2,1-3H3. The fourth-order valence-corrected chi connectivity index (χ4v) is 4.47. The Labute approximate surface area is 334 Å². The summed E-state index contributed by atoms with van der Waals surface area (Å²) < 4.78 is 28.0. The summed E-state index contributed by atoms with van der Waals surface area (Å²) in [5.74, 6) is 4.74. The van der Waals surface area contributed by atoms with Gasteiger partial charge in [0.2, 0.25) is 5.91 Å². The van der Waals surface area contributed by atoms with Crippen molar-refractivity contribution >= 4 is 5.91 Å². The van der Waals surface area contributed by atoms with Crippen molar-refractivity contribution < 1.29 is 23.7 Å². The summed E-state index contributed by atoms with van der Waals surface area (Å²) in [6.07, 6.45) is 8.11. The predicted molar refractivity (Wildman–Crippen MR) is 214 cm³/mol. The predicted octanol–water partition coefficient (Wildman–Crippen LogP) is 4.86. The number of carbonyl (C=O) groups is 1. The molecule has 1 aliphatic rings. The van der Waals surface area contributed by atoms with Gasteiger partial charge in [-0.05, 0) is 67.2 Å². The van der Waals surface area contributed by atoms with Crippen molar-refractivity contribution in [1.82, 2.24) is 64.0 Å². The highest BCUT2D eigenvalue weighted by atomic mass is 16.5. The highest BCUT2D eigenvalue weighted by Gasteiger charge is 2.37. The van der Waals surface area contributed by atoms with Gasteiger partial charge in [0.15, 0.2) is 23.3 Å². The molecule has 5 heterocycles. The van der Waals surface area contributed by atoms with E-state index in [0.717, 1.165) is 36.3 Å². The Bertz CT molecular complexity index is 1500. The van der Waals surface area contributed by atoms with Gasteiger partial charge >= 0.3 is 0 Å². The van der Waals surface area contributed by atoms with Crippen LogP contribution in [0.4, 0.5) is 0 Å². The Kier molecular flexibility index (Phi) is 23.8. The van der Waals surface area contributed by atoms with Gasteiger partial charge in [-0.2, -0.15) is 20.4 Å². The Balaban J connectivity index is 0.000000350. The molecular formula is C38H71N13O5. The topological polar surface area (TPSA) is 180 Å². The molecule has 0 spiro atoms. The Hall–Kier alpha value is -4.13. The second kappa shape index (κ2) is 26.7. The number of likely N-dealkylation sites (tertiary alicyclic amines) is 1. The zero-order valence-corrected chi connectivity index (χ0v) is 36.9. The maximum Gasteiger partial charge on any atom is 0.224 e. The fraction of sp³-hybridized carbons (Fsp3) is 0.763. The van der Waals surface area contributed by atoms with E-state index < -0.39 is 0 Å². The molecule has 1 aliphatic heterocycles. The maximum atomic E-state index is 11.2. The number of β-lactam (4-membered cyclic amide) rings is 1. The molecule has 5 rings (SSSR count). The monoisotopic (exact) mass is 790 g/mol. The summed E-state index contributed by atoms with van der Waals surface area (Å²) in [5, 5.41) is 16.0. The van der Waals surface area contributed by atoms with Crippen LogP contribution >= 0.6 is 0 Å². The van der Waals surface area contributed by atoms with E-state index >= 15 is 0 Å². The molecule has 0 aromatic carbocycles. The molecule has 318 valence electrons. The quantitative estimate of drug-likeness (QED) is 0.149. The largest absolute Gasteiger partial charge is 0.371 e. The molecule has 1 atom stereocenters. The fourth-order valence-electron chi connectivity index (χ4n) is 4.47. The molecule has 0 saturated carbocycles. The highest BCUT2D eigenvalue weighted by molar-refractivity contribution is 5.83. The van der Waals surface area contributed by atoms with Gasteiger partial charge in [-0.15, -0.1) is 0 Å². The third-order valence-corrected chi connectivity index (χ3v) is 7.52. The molecule has 4 aromatic rings. The summed E-state index contributed by atoms with van der Waals surface area (Å²) in [5.41, 5.74) is 0. The van der Waals surface area contributed by atoms with Crippen LogP contribution in [0.5, 0.6) is 0 Å². The molecular weight excluding hydrogens is 719 g/mol. The lowest BCUT2D eigenvalue weighted by Crippen LogP contribution is -2.56. The van der Waals surface area contributed by atoms with Gasteiger partial charge in [-0.25, -0.2) is 19.9 Å². The smallest absolute Gasteiger partial charge is 0.224 e. The Morgan fingerprint density at radius 2 is 0.964 bits per heavy atom. The Morgan fingerprint density at radius 1 is 0.589 bits per heavy atom. The molecule has 0 N–H and O–H groups in total. The zero-order valence-electron chi connectivity index (χ0n) is 36.9. The molecule has 4 aromatic heterocycles. The number of hydrogen-bond donors (Lipinski definition) is 0. The van der Waals surface area contributed by atoms with Gasteiger partial charge in [0.05, 0.1) is 24.4 Å². The molecule has 1 fully saturated rings. The van der Waals surface area contributed by atoms with Gasteiger partial charge < -0.3 is 23.8 Å². The molecule has 0 aliphatic carbocycles. The van der Waals surface area contributed by atoms with E-state index in [1.807, 2.05) is 88.5 Å². The molecule has 0 bridgehead atoms. The summed E-state index contributed by atoms with van der Waals surface area (Å²) >= 11 is 0. The minimum atomic E-state index is 0.235. The lowest BCUT2D eigenvalue weighted by Gasteiger charge is -2.44. The first-order valence-electron chi connectivity index (χ1n) is 19.4. The number of nitrogens with zero attached hydrogens (tertiary/aromatic N) is 13. The van der Waals surface area contributed by atoms with Crippen LogP contribution in [0.2, 0.25) is 0 Å². The molecule has 1 saturated heterocycles. The van der Waals surface area contributed by atoms with E-state index in [1.54, 1.807) is 31.4 Å². The second-order valence-electron chi connectivity index (χ2n) is 15.2. The van der Waals surface area contributed by atoms with Crippen LogP contribution in [0.25, 0.3) is 0 Å². The molecule has 1 unspecified atom stereocenters. The first-order valence-corrected chi connectivity index (χ1v) is 19.4. The van der Waals surface area contributed by atoms with Crippen LogP contribution < -0.4 is 0 Å². The minimum Gasteiger partial charge on any atom is -0.371 e. The first-order chi connectivity index (χ1) is 26.3. The van der Waals surface area contributed by atoms with Crippen LogP contribution in [0.15, 0.2) is 25.3 Å². The van der Waals surface area contributed by atoms with Crippen molar-refractivity contribution in [3.63, 3.8) is 0 Å². The summed E-state index contributed by atoms with van der Waals surface area (Å²) in [6.45, 7) is 27.6. The SMILES string of the molecule is CC(C)CN1C(=O)CC1C(C)C.CC(C)OCc1ncn(C)n1.CC(C)OCc1ncn(C)n1.CC(C)OCc1ncnn1C.CC(C)OCc1ncnn1C. The van der Waals surface area contributed by atoms with Crippen LogP contribution in [-0.2, 0) is 78.4 Å². The number of aromatic nitrogens is 12. The van der Waals surface area contributed by atoms with E-state index in [9.17, 15) is 4.79 Å². The molecule has 0 radical (unpaired) electrons. The van der Waals surface area contributed by atoms with Gasteiger partial charge in [-0.3, -0.25) is 23.5 Å². The number of aryl methyl sites for hydroxylation is 4. The van der Waals surface area contributed by atoms with Crippen molar-refractivity contribution in [1.29, 1.82) is 0 Å². The van der Waals surface area contributed by atoms with Gasteiger partial charge in [0.25, 0.3) is 0 Å². The van der Waals surface area contributed by atoms with Crippen LogP contribution in [0, 0.1) is 11.8 Å². The molecule has 56 heavy (non-hydrogen) atoms. The molecule has 18 heteroatoms. The first kappa shape index (κ1) is 49.9. The average molecular weight is 790 g/mol. The summed E-state index contributed by atoms with van der Waals surface area (Å²) in [4.78, 5) is 29.3. The van der Waals surface area contributed by atoms with Crippen molar-refractivity contribution in [2.24, 2.45) is 40.0 Å². The Morgan fingerprint density at radius 3 is 1.21 bits per heavy atom. The van der Waals surface area contributed by atoms with E-state index in [2.05, 4.69) is 68.0 Å². The van der Waals surface area contributed by atoms with Crippen LogP contribution in [0.3, 0.4) is 0 Å². The molecule has 18 nitrogen and oxygen atoms in total. The number of ether oxygens (including phenoxy) is 4. The average Bonchev–Trinajstić information content (AvgIpc) is 3.93. The lowest BCUT2D eigenvalue weighted by atomic mass is 9.90. The minimum absolute atomic E-state index is 0.235. The highest BCUT2D eigenvalue weighted by Crippen LogP contribution is 2.26. The maximum absolute atomic E-state index is 11.2. The van der Waals surface area contributed by atoms with Crippen molar-refractivity contribution in [3.8, 4) is 0 Å². The van der Waals surface area contributed by atoms with Crippen LogP contribution in [0.1, 0.15) is 113 Å². The number of carbonyl (C=O) groups excluding carboxylic acids is 1. The second-order valence-corrected chi connectivity index (χ2v) is 15.2. The van der Waals surface area contributed by atoms with E-state index in [0.29, 0.717) is 50.2 Å². The van der Waals surface area contributed by atoms with Crippen molar-refractivity contribution in [3.05, 3.63) is 48.6 Å². The number of rotatable bonds is 15. The van der Waals surface area contributed by atoms with E-state index in [4.69, 9.17) is 18.9 Å². The third kappa shape index (κ3) is 21.8. The van der Waals surface area contributed by atoms with Crippen molar-refractivity contribution in [2.45, 2.75) is 146 Å². The molecule has 1 amide bonds. The van der Waals surface area contributed by atoms with Crippen LogP contribution in [-0.4, -0.2) is 107 Å². The van der Waals surface area contributed by atoms with Gasteiger partial charge in [-0.1, -0.05) is 27.7 Å².